The first-order valence-corrected chi connectivity index (χ1v) is 6.89. The highest BCUT2D eigenvalue weighted by Gasteiger charge is 2.26. The standard InChI is InChI=1S/C14H26O5/c1-6-8-10-12(15)17-13(16)11(9-7-2)18-19-14(3,4)5/h11H,6-10H2,1-5H3. The number of carbonyl (C=O) groups excluding carboxylic acids is 2. The van der Waals surface area contributed by atoms with E-state index in [1.54, 1.807) is 0 Å². The van der Waals surface area contributed by atoms with E-state index < -0.39 is 23.6 Å². The van der Waals surface area contributed by atoms with E-state index in [2.05, 4.69) is 0 Å². The second-order valence-electron chi connectivity index (χ2n) is 5.47. The van der Waals surface area contributed by atoms with E-state index in [0.29, 0.717) is 12.8 Å². The van der Waals surface area contributed by atoms with Crippen LogP contribution >= 0.6 is 0 Å². The maximum absolute atomic E-state index is 11.8. The average Bonchev–Trinajstić information content (AvgIpc) is 2.30. The first kappa shape index (κ1) is 18.1. The fourth-order valence-corrected chi connectivity index (χ4v) is 1.22. The van der Waals surface area contributed by atoms with Crippen molar-refractivity contribution in [1.82, 2.24) is 0 Å². The third-order valence-electron chi connectivity index (χ3n) is 2.18. The highest BCUT2D eigenvalue weighted by Crippen LogP contribution is 2.13. The van der Waals surface area contributed by atoms with Crippen molar-refractivity contribution in [3.05, 3.63) is 0 Å². The minimum atomic E-state index is -0.852. The Balaban J connectivity index is 4.28. The number of unbranched alkanes of at least 4 members (excludes halogenated alkanes) is 1. The molecule has 5 nitrogen and oxygen atoms in total. The molecule has 0 aliphatic rings. The number of carbonyl (C=O) groups is 2. The predicted octanol–water partition coefficient (Wildman–Crippen LogP) is 3.16. The summed E-state index contributed by atoms with van der Waals surface area (Å²) in [6, 6.07) is 0. The zero-order valence-corrected chi connectivity index (χ0v) is 12.7. The summed E-state index contributed by atoms with van der Waals surface area (Å²) in [5, 5.41) is 0. The van der Waals surface area contributed by atoms with Gasteiger partial charge in [0.1, 0.15) is 0 Å². The summed E-state index contributed by atoms with van der Waals surface area (Å²) in [5.41, 5.74) is -0.515. The van der Waals surface area contributed by atoms with E-state index >= 15 is 0 Å². The average molecular weight is 274 g/mol. The molecule has 0 aliphatic heterocycles. The summed E-state index contributed by atoms with van der Waals surface area (Å²) in [7, 11) is 0. The SMILES string of the molecule is CCCCC(=O)OC(=O)C(CCC)OOC(C)(C)C. The fraction of sp³-hybridized carbons (Fsp3) is 0.857. The molecular weight excluding hydrogens is 248 g/mol. The molecule has 0 bridgehead atoms. The number of ether oxygens (including phenoxy) is 1. The topological polar surface area (TPSA) is 61.8 Å². The van der Waals surface area contributed by atoms with Gasteiger partial charge in [-0.3, -0.25) is 4.79 Å². The van der Waals surface area contributed by atoms with Crippen LogP contribution in [0, 0.1) is 0 Å². The van der Waals surface area contributed by atoms with Crippen molar-refractivity contribution >= 4 is 11.9 Å². The van der Waals surface area contributed by atoms with Crippen LogP contribution in [-0.4, -0.2) is 23.6 Å². The molecule has 0 spiro atoms. The minimum absolute atomic E-state index is 0.251. The van der Waals surface area contributed by atoms with E-state index in [-0.39, 0.29) is 6.42 Å². The maximum atomic E-state index is 11.8. The molecule has 1 atom stereocenters. The van der Waals surface area contributed by atoms with Crippen molar-refractivity contribution in [3.8, 4) is 0 Å². The van der Waals surface area contributed by atoms with Gasteiger partial charge in [0.25, 0.3) is 0 Å². The Hall–Kier alpha value is -0.940. The number of hydrogen-bond donors (Lipinski definition) is 0. The zero-order chi connectivity index (χ0) is 14.9. The summed E-state index contributed by atoms with van der Waals surface area (Å²) in [5.74, 6) is -1.18. The van der Waals surface area contributed by atoms with E-state index in [0.717, 1.165) is 12.8 Å². The van der Waals surface area contributed by atoms with Gasteiger partial charge in [0, 0.05) is 6.42 Å². The van der Waals surface area contributed by atoms with Crippen LogP contribution in [0.25, 0.3) is 0 Å². The van der Waals surface area contributed by atoms with Gasteiger partial charge in [-0.2, -0.15) is 0 Å². The Morgan fingerprint density at radius 3 is 2.21 bits per heavy atom. The summed E-state index contributed by atoms with van der Waals surface area (Å²) >= 11 is 0. The van der Waals surface area contributed by atoms with Crippen molar-refractivity contribution in [2.45, 2.75) is 78.4 Å². The second-order valence-corrected chi connectivity index (χ2v) is 5.47. The molecule has 0 heterocycles. The molecule has 1 unspecified atom stereocenters. The van der Waals surface area contributed by atoms with Gasteiger partial charge in [-0.15, -0.1) is 0 Å². The molecule has 0 aliphatic carbocycles. The molecule has 5 heteroatoms. The second kappa shape index (κ2) is 9.04. The van der Waals surface area contributed by atoms with Crippen molar-refractivity contribution in [2.75, 3.05) is 0 Å². The summed E-state index contributed by atoms with van der Waals surface area (Å²) < 4.78 is 4.75. The largest absolute Gasteiger partial charge is 0.391 e. The molecule has 112 valence electrons. The van der Waals surface area contributed by atoms with Crippen LogP contribution in [0.5, 0.6) is 0 Å². The van der Waals surface area contributed by atoms with E-state index in [1.165, 1.54) is 0 Å². The lowest BCUT2D eigenvalue weighted by atomic mass is 10.2. The monoisotopic (exact) mass is 274 g/mol. The van der Waals surface area contributed by atoms with Crippen molar-refractivity contribution < 1.29 is 24.1 Å². The van der Waals surface area contributed by atoms with Crippen LogP contribution in [0.4, 0.5) is 0 Å². The molecule has 0 aromatic carbocycles. The summed E-state index contributed by atoms with van der Waals surface area (Å²) in [6.45, 7) is 9.32. The van der Waals surface area contributed by atoms with Crippen LogP contribution in [0.15, 0.2) is 0 Å². The fourth-order valence-electron chi connectivity index (χ4n) is 1.22. The number of rotatable bonds is 8. The third kappa shape index (κ3) is 9.62. The Kier molecular flexibility index (Phi) is 8.59. The highest BCUT2D eigenvalue weighted by atomic mass is 17.2. The Bertz CT molecular complexity index is 280. The zero-order valence-electron chi connectivity index (χ0n) is 12.7. The number of esters is 2. The van der Waals surface area contributed by atoms with E-state index in [4.69, 9.17) is 14.5 Å². The van der Waals surface area contributed by atoms with Crippen molar-refractivity contribution in [1.29, 1.82) is 0 Å². The lowest BCUT2D eigenvalue weighted by Crippen LogP contribution is -2.32. The van der Waals surface area contributed by atoms with Crippen LogP contribution in [0.3, 0.4) is 0 Å². The van der Waals surface area contributed by atoms with E-state index in [1.807, 2.05) is 34.6 Å². The van der Waals surface area contributed by atoms with Crippen LogP contribution in [0.2, 0.25) is 0 Å². The summed E-state index contributed by atoms with van der Waals surface area (Å²) in [4.78, 5) is 33.4. The van der Waals surface area contributed by atoms with Gasteiger partial charge in [0.05, 0.1) is 5.60 Å². The normalized spacial score (nSPS) is 13.1. The molecular formula is C14H26O5. The first-order chi connectivity index (χ1) is 8.80. The Morgan fingerprint density at radius 2 is 1.74 bits per heavy atom. The molecule has 0 rings (SSSR count). The van der Waals surface area contributed by atoms with Crippen LogP contribution < -0.4 is 0 Å². The van der Waals surface area contributed by atoms with Crippen molar-refractivity contribution in [3.63, 3.8) is 0 Å². The predicted molar refractivity (Wildman–Crippen MR) is 71.2 cm³/mol. The maximum Gasteiger partial charge on any atom is 0.346 e. The molecule has 0 fully saturated rings. The molecule has 0 amide bonds. The lowest BCUT2D eigenvalue weighted by molar-refractivity contribution is -0.368. The lowest BCUT2D eigenvalue weighted by Gasteiger charge is -2.21. The molecule has 0 N–H and O–H groups in total. The molecule has 0 aromatic heterocycles. The highest BCUT2D eigenvalue weighted by molar-refractivity contribution is 5.87. The van der Waals surface area contributed by atoms with Crippen LogP contribution in [-0.2, 0) is 24.1 Å². The van der Waals surface area contributed by atoms with Gasteiger partial charge >= 0.3 is 11.9 Å². The summed E-state index contributed by atoms with van der Waals surface area (Å²) in [6.07, 6.45) is 2.18. The van der Waals surface area contributed by atoms with Crippen LogP contribution in [0.1, 0.15) is 66.7 Å². The number of hydrogen-bond acceptors (Lipinski definition) is 5. The molecule has 0 saturated heterocycles. The van der Waals surface area contributed by atoms with Gasteiger partial charge in [0.2, 0.25) is 0 Å². The van der Waals surface area contributed by atoms with Gasteiger partial charge in [-0.25, -0.2) is 14.6 Å². The van der Waals surface area contributed by atoms with Crippen molar-refractivity contribution in [2.24, 2.45) is 0 Å². The van der Waals surface area contributed by atoms with Gasteiger partial charge < -0.3 is 4.74 Å². The molecule has 0 saturated carbocycles. The Labute approximate surface area is 115 Å². The van der Waals surface area contributed by atoms with Gasteiger partial charge in [0.15, 0.2) is 6.10 Å². The molecule has 0 radical (unpaired) electrons. The molecule has 0 aromatic rings. The van der Waals surface area contributed by atoms with Gasteiger partial charge in [-0.05, 0) is 33.6 Å². The first-order valence-electron chi connectivity index (χ1n) is 6.89. The smallest absolute Gasteiger partial charge is 0.346 e. The minimum Gasteiger partial charge on any atom is -0.391 e. The third-order valence-corrected chi connectivity index (χ3v) is 2.18. The quantitative estimate of drug-likeness (QED) is 0.294. The van der Waals surface area contributed by atoms with Gasteiger partial charge in [-0.1, -0.05) is 26.7 Å². The Morgan fingerprint density at radius 1 is 1.11 bits per heavy atom. The van der Waals surface area contributed by atoms with E-state index in [9.17, 15) is 9.59 Å². The molecule has 19 heavy (non-hydrogen) atoms.